The highest BCUT2D eigenvalue weighted by Gasteiger charge is 2.48. The van der Waals surface area contributed by atoms with Crippen molar-refractivity contribution in [3.8, 4) is 6.07 Å². The molecule has 0 spiro atoms. The number of hydrogen-bond acceptors (Lipinski definition) is 3. The van der Waals surface area contributed by atoms with E-state index in [1.165, 1.54) is 6.07 Å². The van der Waals surface area contributed by atoms with Crippen LogP contribution in [-0.4, -0.2) is 10.8 Å². The van der Waals surface area contributed by atoms with Crippen LogP contribution in [0.4, 0.5) is 13.2 Å². The van der Waals surface area contributed by atoms with Gasteiger partial charge in [-0.3, -0.25) is 4.79 Å². The van der Waals surface area contributed by atoms with E-state index in [0.29, 0.717) is 5.56 Å². The van der Waals surface area contributed by atoms with E-state index >= 15 is 0 Å². The van der Waals surface area contributed by atoms with Crippen molar-refractivity contribution >= 4 is 34.0 Å². The summed E-state index contributed by atoms with van der Waals surface area (Å²) in [6, 6.07) is 10.8. The van der Waals surface area contributed by atoms with Crippen molar-refractivity contribution < 1.29 is 22.7 Å². The fraction of sp³-hybridized carbons (Fsp3) is 0.217. The van der Waals surface area contributed by atoms with Crippen molar-refractivity contribution in [1.82, 2.24) is 4.98 Å². The highest BCUT2D eigenvalue weighted by atomic mass is 35.5. The molecule has 0 saturated heterocycles. The van der Waals surface area contributed by atoms with Crippen LogP contribution in [0.2, 0.25) is 5.02 Å². The number of halogens is 4. The average molecular weight is 445 g/mol. The molecule has 2 heterocycles. The predicted molar refractivity (Wildman–Crippen MR) is 110 cm³/mol. The number of fused-ring (bicyclic) bond motifs is 1. The van der Waals surface area contributed by atoms with Gasteiger partial charge in [-0.25, -0.2) is 0 Å². The molecule has 2 aromatic carbocycles. The number of rotatable bonds is 2. The number of nitrogens with one attached hydrogen (secondary N) is 1. The molecule has 1 unspecified atom stereocenters. The van der Waals surface area contributed by atoms with Gasteiger partial charge in [-0.2, -0.15) is 18.4 Å². The Balaban J connectivity index is 1.89. The van der Waals surface area contributed by atoms with Gasteiger partial charge in [0.25, 0.3) is 0 Å². The van der Waals surface area contributed by atoms with E-state index in [1.807, 2.05) is 26.0 Å². The molecule has 0 amide bonds. The summed E-state index contributed by atoms with van der Waals surface area (Å²) in [6.07, 6.45) is -4.61. The van der Waals surface area contributed by atoms with Crippen LogP contribution >= 0.6 is 11.6 Å². The molecule has 1 aliphatic rings. The van der Waals surface area contributed by atoms with Crippen LogP contribution in [-0.2, 0) is 21.3 Å². The van der Waals surface area contributed by atoms with E-state index < -0.39 is 23.1 Å². The third-order valence-electron chi connectivity index (χ3n) is 5.37. The third-order valence-corrected chi connectivity index (χ3v) is 5.70. The fourth-order valence-corrected chi connectivity index (χ4v) is 4.13. The molecule has 0 saturated carbocycles. The van der Waals surface area contributed by atoms with E-state index in [2.05, 4.69) is 4.98 Å². The number of alkyl halides is 3. The SMILES string of the molecule is Cc1cc(C)cc(C2(C)OC(c3cc4c(Cl)ccc(C(F)(F)F)c4[nH]3)=C(C#N)C2=O)c1. The summed E-state index contributed by atoms with van der Waals surface area (Å²) in [5.41, 5.74) is -0.439. The van der Waals surface area contributed by atoms with Crippen LogP contribution < -0.4 is 0 Å². The summed E-state index contributed by atoms with van der Waals surface area (Å²) in [6.45, 7) is 5.29. The first-order valence-electron chi connectivity index (χ1n) is 9.31. The Morgan fingerprint density at radius 3 is 2.35 bits per heavy atom. The molecule has 1 aliphatic heterocycles. The molecular formula is C23H16ClF3N2O2. The number of ether oxygens (including phenoxy) is 1. The number of benzene rings is 2. The Morgan fingerprint density at radius 2 is 1.77 bits per heavy atom. The van der Waals surface area contributed by atoms with Gasteiger partial charge in [0.2, 0.25) is 5.78 Å². The number of aromatic amines is 1. The molecule has 0 radical (unpaired) electrons. The topological polar surface area (TPSA) is 65.9 Å². The normalized spacial score (nSPS) is 19.1. The smallest absolute Gasteiger partial charge is 0.418 e. The maximum atomic E-state index is 13.4. The monoisotopic (exact) mass is 444 g/mol. The number of nitrogens with zero attached hydrogens (tertiary/aromatic N) is 1. The van der Waals surface area contributed by atoms with Gasteiger partial charge in [0.05, 0.1) is 16.8 Å². The van der Waals surface area contributed by atoms with Gasteiger partial charge in [-0.05, 0) is 39.0 Å². The van der Waals surface area contributed by atoms with Gasteiger partial charge in [0.15, 0.2) is 11.4 Å². The van der Waals surface area contributed by atoms with Gasteiger partial charge >= 0.3 is 6.18 Å². The minimum Gasteiger partial charge on any atom is -0.471 e. The standard InChI is InChI=1S/C23H16ClF3N2O2/c1-11-6-12(2)8-13(7-11)22(3)21(30)15(10-28)20(31-22)18-9-14-17(24)5-4-16(19(14)29-18)23(25,26)27/h4-9,29H,1-3H3. The number of ketones is 1. The third kappa shape index (κ3) is 3.28. The van der Waals surface area contributed by atoms with E-state index in [0.717, 1.165) is 23.3 Å². The first kappa shape index (κ1) is 21.0. The lowest BCUT2D eigenvalue weighted by Gasteiger charge is -2.25. The van der Waals surface area contributed by atoms with E-state index in [1.54, 1.807) is 19.1 Å². The number of Topliss-reactive ketones (excluding diaryl/α,β-unsaturated/α-hetero) is 1. The summed E-state index contributed by atoms with van der Waals surface area (Å²) in [7, 11) is 0. The molecular weight excluding hydrogens is 429 g/mol. The fourth-order valence-electron chi connectivity index (χ4n) is 3.92. The van der Waals surface area contributed by atoms with Crippen molar-refractivity contribution in [2.75, 3.05) is 0 Å². The molecule has 4 nitrogen and oxygen atoms in total. The number of nitriles is 1. The molecule has 1 aromatic heterocycles. The minimum absolute atomic E-state index is 0.0756. The predicted octanol–water partition coefficient (Wildman–Crippen LogP) is 6.21. The lowest BCUT2D eigenvalue weighted by Crippen LogP contribution is -2.31. The Morgan fingerprint density at radius 1 is 1.13 bits per heavy atom. The molecule has 0 fully saturated rings. The number of H-pyrrole nitrogens is 1. The van der Waals surface area contributed by atoms with E-state index in [9.17, 15) is 23.2 Å². The zero-order valence-corrected chi connectivity index (χ0v) is 17.5. The number of aromatic nitrogens is 1. The van der Waals surface area contributed by atoms with E-state index in [-0.39, 0.29) is 33.0 Å². The summed E-state index contributed by atoms with van der Waals surface area (Å²) >= 11 is 6.11. The second-order valence-electron chi connectivity index (χ2n) is 7.72. The summed E-state index contributed by atoms with van der Waals surface area (Å²) in [4.78, 5) is 15.8. The molecule has 31 heavy (non-hydrogen) atoms. The molecule has 8 heteroatoms. The van der Waals surface area contributed by atoms with Crippen LogP contribution in [0.5, 0.6) is 0 Å². The number of aryl methyl sites for hydroxylation is 2. The average Bonchev–Trinajstić information content (AvgIpc) is 3.21. The first-order chi connectivity index (χ1) is 14.5. The number of hydrogen-bond donors (Lipinski definition) is 1. The lowest BCUT2D eigenvalue weighted by atomic mass is 9.87. The highest BCUT2D eigenvalue weighted by Crippen LogP contribution is 2.45. The second-order valence-corrected chi connectivity index (χ2v) is 8.13. The molecule has 4 rings (SSSR count). The maximum absolute atomic E-state index is 13.4. The Bertz CT molecular complexity index is 1310. The maximum Gasteiger partial charge on any atom is 0.418 e. The highest BCUT2D eigenvalue weighted by molar-refractivity contribution is 6.35. The van der Waals surface area contributed by atoms with Crippen molar-refractivity contribution in [2.45, 2.75) is 32.5 Å². The summed E-state index contributed by atoms with van der Waals surface area (Å²) in [5.74, 6) is -0.662. The molecule has 1 N–H and O–H groups in total. The molecule has 3 aromatic rings. The zero-order chi connectivity index (χ0) is 22.7. The van der Waals surface area contributed by atoms with Crippen LogP contribution in [0.1, 0.15) is 34.9 Å². The van der Waals surface area contributed by atoms with Crippen molar-refractivity contribution in [2.24, 2.45) is 0 Å². The summed E-state index contributed by atoms with van der Waals surface area (Å²) < 4.78 is 46.3. The summed E-state index contributed by atoms with van der Waals surface area (Å²) in [5, 5.41) is 9.86. The molecule has 0 bridgehead atoms. The van der Waals surface area contributed by atoms with Gasteiger partial charge in [-0.15, -0.1) is 0 Å². The number of carbonyl (C=O) groups is 1. The first-order valence-corrected chi connectivity index (χ1v) is 9.69. The Labute approximate surface area is 180 Å². The van der Waals surface area contributed by atoms with Gasteiger partial charge < -0.3 is 9.72 Å². The Hall–Kier alpha value is -3.24. The molecule has 0 aliphatic carbocycles. The van der Waals surface area contributed by atoms with Gasteiger partial charge in [-0.1, -0.05) is 40.9 Å². The van der Waals surface area contributed by atoms with Crippen LogP contribution in [0.15, 0.2) is 42.0 Å². The van der Waals surface area contributed by atoms with E-state index in [4.69, 9.17) is 16.3 Å². The molecule has 158 valence electrons. The minimum atomic E-state index is -4.61. The Kier molecular flexibility index (Phi) is 4.67. The largest absolute Gasteiger partial charge is 0.471 e. The van der Waals surface area contributed by atoms with Crippen LogP contribution in [0.25, 0.3) is 16.7 Å². The second kappa shape index (κ2) is 6.89. The molecule has 1 atom stereocenters. The van der Waals surface area contributed by atoms with Gasteiger partial charge in [0.1, 0.15) is 11.6 Å². The number of carbonyl (C=O) groups excluding carboxylic acids is 1. The van der Waals surface area contributed by atoms with Crippen molar-refractivity contribution in [1.29, 1.82) is 5.26 Å². The van der Waals surface area contributed by atoms with Crippen LogP contribution in [0, 0.1) is 25.2 Å². The lowest BCUT2D eigenvalue weighted by molar-refractivity contribution is -0.136. The van der Waals surface area contributed by atoms with Crippen LogP contribution in [0.3, 0.4) is 0 Å². The van der Waals surface area contributed by atoms with Gasteiger partial charge in [0, 0.05) is 16.0 Å². The van der Waals surface area contributed by atoms with Crippen molar-refractivity contribution in [3.05, 3.63) is 74.9 Å². The quantitative estimate of drug-likeness (QED) is 0.511. The zero-order valence-electron chi connectivity index (χ0n) is 16.7. The van der Waals surface area contributed by atoms with Crippen molar-refractivity contribution in [3.63, 3.8) is 0 Å².